The summed E-state index contributed by atoms with van der Waals surface area (Å²) in [5.41, 5.74) is -3.11. The van der Waals surface area contributed by atoms with E-state index in [-0.39, 0.29) is 5.76 Å². The number of benzene rings is 2. The molecule has 0 aliphatic heterocycles. The van der Waals surface area contributed by atoms with Crippen molar-refractivity contribution in [2.24, 2.45) is 5.41 Å². The van der Waals surface area contributed by atoms with E-state index in [1.54, 1.807) is 39.0 Å². The molecule has 1 atom stereocenters. The normalized spacial score (nSPS) is 15.9. The highest BCUT2D eigenvalue weighted by Crippen LogP contribution is 2.45. The third kappa shape index (κ3) is 5.42. The Kier molecular flexibility index (Phi) is 7.35. The molecule has 0 amide bonds. The van der Waals surface area contributed by atoms with E-state index in [1.165, 1.54) is 19.3 Å². The molecule has 6 heteroatoms. The van der Waals surface area contributed by atoms with Gasteiger partial charge in [-0.3, -0.25) is 0 Å². The van der Waals surface area contributed by atoms with Crippen LogP contribution in [0.3, 0.4) is 0 Å². The highest BCUT2D eigenvalue weighted by Gasteiger charge is 2.55. The third-order valence-electron chi connectivity index (χ3n) is 5.54. The van der Waals surface area contributed by atoms with Gasteiger partial charge in [-0.1, -0.05) is 62.4 Å². The van der Waals surface area contributed by atoms with E-state index >= 15 is 0 Å². The van der Waals surface area contributed by atoms with E-state index in [0.717, 1.165) is 10.8 Å². The summed E-state index contributed by atoms with van der Waals surface area (Å²) in [6.45, 7) is 4.15. The molecule has 0 bridgehead atoms. The number of ether oxygens (including phenoxy) is 1. The van der Waals surface area contributed by atoms with Gasteiger partial charge in [-0.25, -0.2) is 4.39 Å². The highest BCUT2D eigenvalue weighted by atomic mass is 19.4. The topological polar surface area (TPSA) is 29.5 Å². The fourth-order valence-corrected chi connectivity index (χ4v) is 3.64. The lowest BCUT2D eigenvalue weighted by Gasteiger charge is -2.38. The minimum Gasteiger partial charge on any atom is -0.497 e. The molecule has 164 valence electrons. The molecule has 0 saturated carbocycles. The Labute approximate surface area is 174 Å². The van der Waals surface area contributed by atoms with E-state index in [4.69, 9.17) is 4.74 Å². The molecular formula is C24H28F4O2. The number of rotatable bonds is 8. The van der Waals surface area contributed by atoms with Gasteiger partial charge in [0, 0.05) is 6.42 Å². The number of methoxy groups -OCH3 is 1. The second-order valence-corrected chi connectivity index (χ2v) is 8.20. The quantitative estimate of drug-likeness (QED) is 0.296. The zero-order valence-corrected chi connectivity index (χ0v) is 17.7. The molecular weight excluding hydrogens is 396 g/mol. The van der Waals surface area contributed by atoms with Gasteiger partial charge in [-0.2, -0.15) is 13.2 Å². The van der Waals surface area contributed by atoms with Crippen LogP contribution in [0.25, 0.3) is 10.8 Å². The molecule has 2 rings (SSSR count). The van der Waals surface area contributed by atoms with Gasteiger partial charge >= 0.3 is 6.18 Å². The monoisotopic (exact) mass is 424 g/mol. The van der Waals surface area contributed by atoms with Crippen molar-refractivity contribution < 1.29 is 27.4 Å². The Morgan fingerprint density at radius 3 is 2.27 bits per heavy atom. The first-order chi connectivity index (χ1) is 13.9. The summed E-state index contributed by atoms with van der Waals surface area (Å²) >= 11 is 0. The van der Waals surface area contributed by atoms with Crippen LogP contribution in [-0.4, -0.2) is 30.7 Å². The molecule has 0 fully saturated rings. The van der Waals surface area contributed by atoms with Crippen molar-refractivity contribution in [3.8, 4) is 0 Å². The van der Waals surface area contributed by atoms with Crippen molar-refractivity contribution in [2.45, 2.75) is 45.4 Å². The van der Waals surface area contributed by atoms with E-state index < -0.39 is 36.7 Å². The number of alkyl halides is 4. The lowest BCUT2D eigenvalue weighted by molar-refractivity contribution is -0.268. The molecule has 0 aliphatic carbocycles. The lowest BCUT2D eigenvalue weighted by atomic mass is 9.72. The average Bonchev–Trinajstić information content (AvgIpc) is 2.67. The summed E-state index contributed by atoms with van der Waals surface area (Å²) < 4.78 is 59.8. The van der Waals surface area contributed by atoms with Gasteiger partial charge in [-0.05, 0) is 46.7 Å². The standard InChI is InChI=1S/C24H28F4O2/c1-17(21(30-4)10-7-13-25)22(2,3)16-23(29,24(26,27)28)15-18-11-12-19-8-5-6-9-20(19)14-18/h5-12,14,29H,13,15-16H2,1-4H3/b10-7-,21-17-. The summed E-state index contributed by atoms with van der Waals surface area (Å²) in [5, 5.41) is 12.6. The van der Waals surface area contributed by atoms with Gasteiger partial charge in [0.1, 0.15) is 12.4 Å². The van der Waals surface area contributed by atoms with Crippen LogP contribution in [0.1, 0.15) is 32.8 Å². The fourth-order valence-electron chi connectivity index (χ4n) is 3.64. The van der Waals surface area contributed by atoms with Gasteiger partial charge in [-0.15, -0.1) is 0 Å². The Morgan fingerprint density at radius 1 is 1.07 bits per heavy atom. The van der Waals surface area contributed by atoms with Crippen molar-refractivity contribution in [1.82, 2.24) is 0 Å². The summed E-state index contributed by atoms with van der Waals surface area (Å²) in [7, 11) is 1.38. The van der Waals surface area contributed by atoms with Crippen LogP contribution in [0.15, 0.2) is 65.9 Å². The molecule has 1 N–H and O–H groups in total. The first kappa shape index (κ1) is 23.9. The number of fused-ring (bicyclic) bond motifs is 1. The molecule has 0 heterocycles. The van der Waals surface area contributed by atoms with E-state index in [0.29, 0.717) is 11.1 Å². The van der Waals surface area contributed by atoms with Gasteiger partial charge in [0.25, 0.3) is 0 Å². The van der Waals surface area contributed by atoms with Crippen LogP contribution in [0.2, 0.25) is 0 Å². The number of hydrogen-bond donors (Lipinski definition) is 1. The molecule has 0 radical (unpaired) electrons. The third-order valence-corrected chi connectivity index (χ3v) is 5.54. The van der Waals surface area contributed by atoms with Gasteiger partial charge < -0.3 is 9.84 Å². The van der Waals surface area contributed by atoms with Crippen LogP contribution in [-0.2, 0) is 11.2 Å². The fraction of sp³-hybridized carbons (Fsp3) is 0.417. The molecule has 30 heavy (non-hydrogen) atoms. The second-order valence-electron chi connectivity index (χ2n) is 8.20. The van der Waals surface area contributed by atoms with E-state index in [1.807, 2.05) is 24.3 Å². The molecule has 0 aliphatic rings. The minimum atomic E-state index is -4.84. The number of hydrogen-bond acceptors (Lipinski definition) is 2. The van der Waals surface area contributed by atoms with Gasteiger partial charge in [0.05, 0.1) is 7.11 Å². The molecule has 2 aromatic rings. The number of halogens is 4. The zero-order valence-electron chi connectivity index (χ0n) is 17.7. The molecule has 0 saturated heterocycles. The SMILES string of the molecule is COC(/C=C\CF)=C(/C)C(C)(C)CC(O)(Cc1ccc2ccccc2c1)C(F)(F)F. The Balaban J connectivity index is 2.42. The number of aliphatic hydroxyl groups is 1. The molecule has 2 nitrogen and oxygen atoms in total. The zero-order chi connectivity index (χ0) is 22.6. The summed E-state index contributed by atoms with van der Waals surface area (Å²) in [5.74, 6) is 0.285. The molecule has 0 spiro atoms. The molecule has 0 aromatic heterocycles. The van der Waals surface area contributed by atoms with Crippen LogP contribution in [0, 0.1) is 5.41 Å². The minimum absolute atomic E-state index is 0.285. The van der Waals surface area contributed by atoms with Crippen molar-refractivity contribution in [1.29, 1.82) is 0 Å². The first-order valence-electron chi connectivity index (χ1n) is 9.68. The smallest absolute Gasteiger partial charge is 0.417 e. The van der Waals surface area contributed by atoms with Crippen molar-refractivity contribution in [3.05, 3.63) is 71.5 Å². The Bertz CT molecular complexity index is 928. The Morgan fingerprint density at radius 2 is 1.70 bits per heavy atom. The van der Waals surface area contributed by atoms with Crippen LogP contribution in [0.4, 0.5) is 17.6 Å². The maximum Gasteiger partial charge on any atom is 0.417 e. The summed E-state index contributed by atoms with van der Waals surface area (Å²) in [6.07, 6.45) is -3.35. The number of allylic oxidation sites excluding steroid dienone is 3. The van der Waals surface area contributed by atoms with E-state index in [2.05, 4.69) is 0 Å². The first-order valence-corrected chi connectivity index (χ1v) is 9.68. The Hall–Kier alpha value is -2.34. The summed E-state index contributed by atoms with van der Waals surface area (Å²) in [6, 6.07) is 12.4. The van der Waals surface area contributed by atoms with Gasteiger partial charge in [0.2, 0.25) is 0 Å². The summed E-state index contributed by atoms with van der Waals surface area (Å²) in [4.78, 5) is 0. The van der Waals surface area contributed by atoms with Crippen molar-refractivity contribution >= 4 is 10.8 Å². The molecule has 2 aromatic carbocycles. The maximum absolute atomic E-state index is 14.0. The van der Waals surface area contributed by atoms with Gasteiger partial charge in [0.15, 0.2) is 5.60 Å². The van der Waals surface area contributed by atoms with Crippen LogP contribution < -0.4 is 0 Å². The largest absolute Gasteiger partial charge is 0.497 e. The van der Waals surface area contributed by atoms with Crippen LogP contribution in [0.5, 0.6) is 0 Å². The second kappa shape index (κ2) is 9.21. The van der Waals surface area contributed by atoms with Crippen molar-refractivity contribution in [2.75, 3.05) is 13.8 Å². The van der Waals surface area contributed by atoms with Crippen molar-refractivity contribution in [3.63, 3.8) is 0 Å². The van der Waals surface area contributed by atoms with E-state index in [9.17, 15) is 22.7 Å². The lowest BCUT2D eigenvalue weighted by Crippen LogP contribution is -2.50. The maximum atomic E-state index is 14.0. The predicted octanol–water partition coefficient (Wildman–Crippen LogP) is 6.54. The molecule has 1 unspecified atom stereocenters. The highest BCUT2D eigenvalue weighted by molar-refractivity contribution is 5.83. The van der Waals surface area contributed by atoms with Crippen LogP contribution >= 0.6 is 0 Å². The predicted molar refractivity (Wildman–Crippen MR) is 112 cm³/mol. The average molecular weight is 424 g/mol.